The maximum Gasteiger partial charge on any atom is 0.0484 e. The summed E-state index contributed by atoms with van der Waals surface area (Å²) in [5.74, 6) is 1.84. The van der Waals surface area contributed by atoms with Crippen LogP contribution in [-0.2, 0) is 0 Å². The lowest BCUT2D eigenvalue weighted by molar-refractivity contribution is -0.0970. The Labute approximate surface area is 185 Å². The van der Waals surface area contributed by atoms with Gasteiger partial charge in [-0.3, -0.25) is 0 Å². The Balaban J connectivity index is 1.32. The number of para-hydroxylation sites is 2. The molecule has 2 aromatic carbocycles. The Morgan fingerprint density at radius 1 is 0.714 bits per heavy atom. The zero-order valence-corrected chi connectivity index (χ0v) is 19.4. The van der Waals surface area contributed by atoms with E-state index in [4.69, 9.17) is 0 Å². The summed E-state index contributed by atoms with van der Waals surface area (Å²) in [6, 6.07) is 17.1. The van der Waals surface area contributed by atoms with Crippen LogP contribution < -0.4 is 10.6 Å². The van der Waals surface area contributed by atoms with Crippen LogP contribution in [0.5, 0.6) is 0 Å². The molecule has 0 spiro atoms. The molecule has 4 aliphatic rings. The van der Waals surface area contributed by atoms with Crippen molar-refractivity contribution in [3.05, 3.63) is 57.5 Å². The molecule has 4 fully saturated rings. The average Bonchev–Trinajstić information content (AvgIpc) is 2.66. The first kappa shape index (κ1) is 19.0. The highest BCUT2D eigenvalue weighted by atomic mass is 79.9. The Hall–Kier alpha value is -1.000. The fourth-order valence-electron chi connectivity index (χ4n) is 6.84. The molecule has 4 heteroatoms. The number of anilines is 2. The van der Waals surface area contributed by atoms with Crippen LogP contribution in [0.2, 0.25) is 0 Å². The van der Waals surface area contributed by atoms with E-state index in [0.29, 0.717) is 10.8 Å². The topological polar surface area (TPSA) is 24.1 Å². The first-order valence-corrected chi connectivity index (χ1v) is 12.1. The molecule has 6 rings (SSSR count). The van der Waals surface area contributed by atoms with E-state index in [2.05, 4.69) is 91.0 Å². The lowest BCUT2D eigenvalue weighted by atomic mass is 9.44. The fourth-order valence-corrected chi connectivity index (χ4v) is 7.69. The summed E-state index contributed by atoms with van der Waals surface area (Å²) in [5, 5.41) is 7.59. The molecule has 4 saturated carbocycles. The zero-order chi connectivity index (χ0) is 19.2. The van der Waals surface area contributed by atoms with Gasteiger partial charge in [-0.25, -0.2) is 0 Å². The molecule has 0 heterocycles. The molecule has 0 aromatic heterocycles. The SMILES string of the molecule is Brc1ccccc1NCC12CC3CC(C1)CC(CNc1ccccc1Br)(C3)C2. The standard InChI is InChI=1S/C24H28Br2N2/c25-19-5-1-3-7-21(19)27-15-23-10-17-9-18(11-23)13-24(12-17,14-23)16-28-22-8-4-2-6-20(22)26/h1-8,17-18,27-28H,9-16H2. The summed E-state index contributed by atoms with van der Waals surface area (Å²) in [5.41, 5.74) is 3.40. The summed E-state index contributed by atoms with van der Waals surface area (Å²) >= 11 is 7.40. The van der Waals surface area contributed by atoms with Crippen LogP contribution in [0.4, 0.5) is 11.4 Å². The number of rotatable bonds is 6. The van der Waals surface area contributed by atoms with Crippen LogP contribution in [-0.4, -0.2) is 13.1 Å². The van der Waals surface area contributed by atoms with E-state index in [9.17, 15) is 0 Å². The number of hydrogen-bond donors (Lipinski definition) is 2. The minimum atomic E-state index is 0.467. The molecule has 0 unspecified atom stereocenters. The third-order valence-electron chi connectivity index (χ3n) is 7.36. The van der Waals surface area contributed by atoms with E-state index >= 15 is 0 Å². The van der Waals surface area contributed by atoms with Crippen molar-refractivity contribution in [1.82, 2.24) is 0 Å². The second-order valence-corrected chi connectivity index (χ2v) is 11.3. The molecular formula is C24H28Br2N2. The monoisotopic (exact) mass is 502 g/mol. The van der Waals surface area contributed by atoms with Gasteiger partial charge in [0.15, 0.2) is 0 Å². The Morgan fingerprint density at radius 3 is 1.57 bits per heavy atom. The summed E-state index contributed by atoms with van der Waals surface area (Å²) < 4.78 is 2.34. The van der Waals surface area contributed by atoms with Gasteiger partial charge in [0, 0.05) is 33.4 Å². The van der Waals surface area contributed by atoms with Gasteiger partial charge in [-0.15, -0.1) is 0 Å². The molecule has 2 nitrogen and oxygen atoms in total. The molecule has 0 aliphatic heterocycles. The van der Waals surface area contributed by atoms with Gasteiger partial charge < -0.3 is 10.6 Å². The summed E-state index contributed by atoms with van der Waals surface area (Å²) in [7, 11) is 0. The fraction of sp³-hybridized carbons (Fsp3) is 0.500. The van der Waals surface area contributed by atoms with Gasteiger partial charge in [-0.05, 0) is 117 Å². The van der Waals surface area contributed by atoms with Gasteiger partial charge in [0.2, 0.25) is 0 Å². The van der Waals surface area contributed by atoms with E-state index in [0.717, 1.165) is 24.9 Å². The molecule has 2 aromatic rings. The van der Waals surface area contributed by atoms with Crippen molar-refractivity contribution >= 4 is 43.2 Å². The lowest BCUT2D eigenvalue weighted by Crippen LogP contribution is -2.56. The van der Waals surface area contributed by atoms with Crippen molar-refractivity contribution < 1.29 is 0 Å². The van der Waals surface area contributed by atoms with Gasteiger partial charge in [0.25, 0.3) is 0 Å². The van der Waals surface area contributed by atoms with Crippen LogP contribution >= 0.6 is 31.9 Å². The quantitative estimate of drug-likeness (QED) is 0.431. The largest absolute Gasteiger partial charge is 0.384 e. The van der Waals surface area contributed by atoms with Crippen molar-refractivity contribution in [3.8, 4) is 0 Å². The maximum absolute atomic E-state index is 3.80. The third kappa shape index (κ3) is 3.63. The van der Waals surface area contributed by atoms with Crippen molar-refractivity contribution in [2.75, 3.05) is 23.7 Å². The molecule has 148 valence electrons. The van der Waals surface area contributed by atoms with Crippen molar-refractivity contribution in [2.24, 2.45) is 22.7 Å². The van der Waals surface area contributed by atoms with Crippen molar-refractivity contribution in [3.63, 3.8) is 0 Å². The normalized spacial score (nSPS) is 33.1. The maximum atomic E-state index is 3.80. The second-order valence-electron chi connectivity index (χ2n) is 9.63. The van der Waals surface area contributed by atoms with Crippen molar-refractivity contribution in [2.45, 2.75) is 38.5 Å². The van der Waals surface area contributed by atoms with Crippen LogP contribution in [0.3, 0.4) is 0 Å². The Kier molecular flexibility index (Phi) is 4.99. The third-order valence-corrected chi connectivity index (χ3v) is 8.74. The summed E-state index contributed by atoms with van der Waals surface area (Å²) in [6.45, 7) is 2.22. The number of halogens is 2. The molecule has 0 atom stereocenters. The van der Waals surface area contributed by atoms with Crippen LogP contribution in [0, 0.1) is 22.7 Å². The van der Waals surface area contributed by atoms with E-state index < -0.39 is 0 Å². The van der Waals surface area contributed by atoms with Crippen LogP contribution in [0.25, 0.3) is 0 Å². The molecule has 0 saturated heterocycles. The highest BCUT2D eigenvalue weighted by molar-refractivity contribution is 9.11. The summed E-state index contributed by atoms with van der Waals surface area (Å²) in [4.78, 5) is 0. The smallest absolute Gasteiger partial charge is 0.0484 e. The molecule has 0 radical (unpaired) electrons. The van der Waals surface area contributed by atoms with E-state index in [1.165, 1.54) is 58.8 Å². The van der Waals surface area contributed by atoms with Crippen LogP contribution in [0.15, 0.2) is 57.5 Å². The van der Waals surface area contributed by atoms with Crippen LogP contribution in [0.1, 0.15) is 38.5 Å². The minimum Gasteiger partial charge on any atom is -0.384 e. The number of nitrogens with one attached hydrogen (secondary N) is 2. The minimum absolute atomic E-state index is 0.467. The first-order valence-electron chi connectivity index (χ1n) is 10.5. The summed E-state index contributed by atoms with van der Waals surface area (Å²) in [6.07, 6.45) is 8.49. The molecule has 28 heavy (non-hydrogen) atoms. The molecule has 0 amide bonds. The molecule has 4 bridgehead atoms. The van der Waals surface area contributed by atoms with E-state index in [1.807, 2.05) is 0 Å². The van der Waals surface area contributed by atoms with Gasteiger partial charge in [0.05, 0.1) is 0 Å². The lowest BCUT2D eigenvalue weighted by Gasteiger charge is -2.62. The van der Waals surface area contributed by atoms with Crippen molar-refractivity contribution in [1.29, 1.82) is 0 Å². The Morgan fingerprint density at radius 2 is 1.14 bits per heavy atom. The van der Waals surface area contributed by atoms with Gasteiger partial charge in [0.1, 0.15) is 0 Å². The van der Waals surface area contributed by atoms with E-state index in [1.54, 1.807) is 0 Å². The van der Waals surface area contributed by atoms with Gasteiger partial charge >= 0.3 is 0 Å². The average molecular weight is 504 g/mol. The second kappa shape index (κ2) is 7.36. The number of benzene rings is 2. The molecule has 4 aliphatic carbocycles. The highest BCUT2D eigenvalue weighted by Gasteiger charge is 2.57. The van der Waals surface area contributed by atoms with E-state index in [-0.39, 0.29) is 0 Å². The molecule has 2 N–H and O–H groups in total. The highest BCUT2D eigenvalue weighted by Crippen LogP contribution is 2.65. The predicted molar refractivity (Wildman–Crippen MR) is 125 cm³/mol. The van der Waals surface area contributed by atoms with Gasteiger partial charge in [-0.1, -0.05) is 24.3 Å². The predicted octanol–water partition coefficient (Wildman–Crippen LogP) is 7.32. The zero-order valence-electron chi connectivity index (χ0n) is 16.2. The molecular weight excluding hydrogens is 476 g/mol. The number of hydrogen-bond acceptors (Lipinski definition) is 2. The Bertz CT molecular complexity index is 784. The first-order chi connectivity index (χ1) is 13.5. The van der Waals surface area contributed by atoms with Gasteiger partial charge in [-0.2, -0.15) is 0 Å².